The summed E-state index contributed by atoms with van der Waals surface area (Å²) in [5, 5.41) is 0. The topological polar surface area (TPSA) is 116 Å². The van der Waals surface area contributed by atoms with Crippen LogP contribution in [-0.4, -0.2) is 32.4 Å². The molecule has 0 saturated heterocycles. The van der Waals surface area contributed by atoms with E-state index in [-0.39, 0.29) is 17.2 Å². The van der Waals surface area contributed by atoms with Gasteiger partial charge in [0, 0.05) is 0 Å². The lowest BCUT2D eigenvalue weighted by molar-refractivity contribution is -0.155. The van der Waals surface area contributed by atoms with E-state index in [0.29, 0.717) is 0 Å². The first-order chi connectivity index (χ1) is 11.0. The van der Waals surface area contributed by atoms with Crippen molar-refractivity contribution >= 4 is 21.9 Å². The van der Waals surface area contributed by atoms with E-state index < -0.39 is 34.0 Å². The van der Waals surface area contributed by atoms with Crippen LogP contribution in [0.4, 0.5) is 0 Å². The molecule has 1 aromatic carbocycles. The summed E-state index contributed by atoms with van der Waals surface area (Å²) in [4.78, 5) is 23.3. The highest BCUT2D eigenvalue weighted by Crippen LogP contribution is 2.14. The van der Waals surface area contributed by atoms with Gasteiger partial charge in [0.2, 0.25) is 10.0 Å². The average Bonchev–Trinajstić information content (AvgIpc) is 2.46. The van der Waals surface area contributed by atoms with Crippen molar-refractivity contribution in [1.29, 1.82) is 0 Å². The van der Waals surface area contributed by atoms with Crippen LogP contribution in [0.5, 0.6) is 0 Å². The van der Waals surface area contributed by atoms with Crippen molar-refractivity contribution in [1.82, 2.24) is 4.72 Å². The van der Waals surface area contributed by atoms with Crippen molar-refractivity contribution in [3.05, 3.63) is 29.8 Å². The molecule has 0 heterocycles. The lowest BCUT2D eigenvalue weighted by atomic mass is 10.0. The summed E-state index contributed by atoms with van der Waals surface area (Å²) in [7, 11) is -3.89. The SMILES string of the molecule is Cc1ccc(S(=O)(=O)N[C@@H](CC(C)C)C(=O)O[C@H](C)C(N)=O)cc1. The number of rotatable bonds is 8. The second kappa shape index (κ2) is 8.25. The van der Waals surface area contributed by atoms with Gasteiger partial charge in [-0.2, -0.15) is 4.72 Å². The van der Waals surface area contributed by atoms with E-state index in [2.05, 4.69) is 4.72 Å². The van der Waals surface area contributed by atoms with Gasteiger partial charge in [-0.05, 0) is 38.3 Å². The minimum Gasteiger partial charge on any atom is -0.451 e. The number of benzene rings is 1. The van der Waals surface area contributed by atoms with Crippen molar-refractivity contribution in [3.63, 3.8) is 0 Å². The maximum Gasteiger partial charge on any atom is 0.324 e. The minimum absolute atomic E-state index is 0.0344. The number of hydrogen-bond acceptors (Lipinski definition) is 5. The third kappa shape index (κ3) is 5.93. The van der Waals surface area contributed by atoms with Crippen molar-refractivity contribution in [2.24, 2.45) is 11.7 Å². The Kier molecular flexibility index (Phi) is 6.92. The van der Waals surface area contributed by atoms with Crippen LogP contribution < -0.4 is 10.5 Å². The second-order valence-electron chi connectivity index (χ2n) is 6.10. The second-order valence-corrected chi connectivity index (χ2v) is 7.81. The van der Waals surface area contributed by atoms with Crippen LogP contribution in [0.25, 0.3) is 0 Å². The fraction of sp³-hybridized carbons (Fsp3) is 0.500. The summed E-state index contributed by atoms with van der Waals surface area (Å²) in [6.45, 7) is 6.87. The Labute approximate surface area is 142 Å². The van der Waals surface area contributed by atoms with Gasteiger partial charge in [-0.1, -0.05) is 31.5 Å². The predicted octanol–water partition coefficient (Wildman–Crippen LogP) is 1.11. The van der Waals surface area contributed by atoms with Crippen molar-refractivity contribution < 1.29 is 22.7 Å². The molecule has 2 atom stereocenters. The number of carbonyl (C=O) groups is 2. The molecule has 0 aliphatic heterocycles. The molecule has 0 aliphatic carbocycles. The zero-order valence-corrected chi connectivity index (χ0v) is 15.1. The summed E-state index contributed by atoms with van der Waals surface area (Å²) in [5.74, 6) is -1.59. The molecular weight excluding hydrogens is 332 g/mol. The van der Waals surface area contributed by atoms with E-state index in [1.54, 1.807) is 12.1 Å². The molecule has 0 fully saturated rings. The smallest absolute Gasteiger partial charge is 0.324 e. The van der Waals surface area contributed by atoms with Gasteiger partial charge in [0.05, 0.1) is 4.90 Å². The fourth-order valence-corrected chi connectivity index (χ4v) is 3.15. The van der Waals surface area contributed by atoms with E-state index >= 15 is 0 Å². The number of esters is 1. The molecule has 1 amide bonds. The molecular formula is C16H24N2O5S. The van der Waals surface area contributed by atoms with Crippen molar-refractivity contribution in [2.75, 3.05) is 0 Å². The van der Waals surface area contributed by atoms with Gasteiger partial charge in [-0.25, -0.2) is 8.42 Å². The molecule has 0 saturated carbocycles. The van der Waals surface area contributed by atoms with E-state index in [0.717, 1.165) is 5.56 Å². The Morgan fingerprint density at radius 1 is 1.17 bits per heavy atom. The number of primary amides is 1. The third-order valence-corrected chi connectivity index (χ3v) is 4.80. The molecule has 8 heteroatoms. The molecule has 1 aromatic rings. The summed E-state index contributed by atoms with van der Waals surface area (Å²) in [6.07, 6.45) is -0.897. The minimum atomic E-state index is -3.89. The predicted molar refractivity (Wildman–Crippen MR) is 89.5 cm³/mol. The highest BCUT2D eigenvalue weighted by Gasteiger charge is 2.29. The largest absolute Gasteiger partial charge is 0.451 e. The summed E-state index contributed by atoms with van der Waals surface area (Å²) in [5.41, 5.74) is 5.98. The fourth-order valence-electron chi connectivity index (χ4n) is 1.95. The van der Waals surface area contributed by atoms with E-state index in [1.807, 2.05) is 20.8 Å². The molecule has 0 aromatic heterocycles. The van der Waals surface area contributed by atoms with Gasteiger partial charge in [-0.3, -0.25) is 9.59 Å². The standard InChI is InChI=1S/C16H24N2O5S/c1-10(2)9-14(16(20)23-12(4)15(17)19)18-24(21,22)13-7-5-11(3)6-8-13/h5-8,10,12,14,18H,9H2,1-4H3,(H2,17,19)/t12-,14+/m1/s1. The van der Waals surface area contributed by atoms with Crippen LogP contribution in [0.1, 0.15) is 32.8 Å². The number of sulfonamides is 1. The van der Waals surface area contributed by atoms with Crippen LogP contribution in [0, 0.1) is 12.8 Å². The first-order valence-electron chi connectivity index (χ1n) is 7.61. The van der Waals surface area contributed by atoms with Crippen molar-refractivity contribution in [3.8, 4) is 0 Å². The van der Waals surface area contributed by atoms with Gasteiger partial charge in [-0.15, -0.1) is 0 Å². The highest BCUT2D eigenvalue weighted by molar-refractivity contribution is 7.89. The highest BCUT2D eigenvalue weighted by atomic mass is 32.2. The van der Waals surface area contributed by atoms with Crippen molar-refractivity contribution in [2.45, 2.75) is 51.2 Å². The molecule has 7 nitrogen and oxygen atoms in total. The maximum atomic E-state index is 12.4. The molecule has 134 valence electrons. The van der Waals surface area contributed by atoms with Gasteiger partial charge in [0.25, 0.3) is 5.91 Å². The van der Waals surface area contributed by atoms with Crippen LogP contribution in [0.2, 0.25) is 0 Å². The molecule has 3 N–H and O–H groups in total. The molecule has 0 aliphatic rings. The maximum absolute atomic E-state index is 12.4. The molecule has 24 heavy (non-hydrogen) atoms. The molecule has 0 radical (unpaired) electrons. The Hall–Kier alpha value is -1.93. The number of nitrogens with two attached hydrogens (primary N) is 1. The van der Waals surface area contributed by atoms with Gasteiger partial charge >= 0.3 is 5.97 Å². The van der Waals surface area contributed by atoms with E-state index in [1.165, 1.54) is 19.1 Å². The van der Waals surface area contributed by atoms with Crippen LogP contribution in [-0.2, 0) is 24.3 Å². The zero-order chi connectivity index (χ0) is 18.5. The van der Waals surface area contributed by atoms with E-state index in [4.69, 9.17) is 10.5 Å². The average molecular weight is 356 g/mol. The number of nitrogens with one attached hydrogen (secondary N) is 1. The normalized spacial score (nSPS) is 14.2. The number of amides is 1. The molecule has 0 bridgehead atoms. The van der Waals surface area contributed by atoms with E-state index in [9.17, 15) is 18.0 Å². The zero-order valence-electron chi connectivity index (χ0n) is 14.3. The third-order valence-electron chi connectivity index (χ3n) is 3.31. The Morgan fingerprint density at radius 2 is 1.71 bits per heavy atom. The summed E-state index contributed by atoms with van der Waals surface area (Å²) < 4.78 is 32.2. The summed E-state index contributed by atoms with van der Waals surface area (Å²) >= 11 is 0. The number of carbonyl (C=O) groups excluding carboxylic acids is 2. The van der Waals surface area contributed by atoms with Crippen LogP contribution in [0.15, 0.2) is 29.2 Å². The lowest BCUT2D eigenvalue weighted by Gasteiger charge is -2.21. The van der Waals surface area contributed by atoms with Gasteiger partial charge in [0.1, 0.15) is 6.04 Å². The lowest BCUT2D eigenvalue weighted by Crippen LogP contribution is -2.45. The molecule has 1 rings (SSSR count). The number of ether oxygens (including phenoxy) is 1. The number of hydrogen-bond donors (Lipinski definition) is 2. The van der Waals surface area contributed by atoms with Crippen LogP contribution in [0.3, 0.4) is 0 Å². The molecule has 0 unspecified atom stereocenters. The first-order valence-corrected chi connectivity index (χ1v) is 9.10. The Bertz CT molecular complexity index is 683. The Morgan fingerprint density at radius 3 is 2.17 bits per heavy atom. The van der Waals surface area contributed by atoms with Crippen LogP contribution >= 0.6 is 0 Å². The number of aryl methyl sites for hydroxylation is 1. The summed E-state index contributed by atoms with van der Waals surface area (Å²) in [6, 6.07) is 5.15. The molecule has 0 spiro atoms. The van der Waals surface area contributed by atoms with Gasteiger partial charge in [0.15, 0.2) is 6.10 Å². The quantitative estimate of drug-likeness (QED) is 0.677. The monoisotopic (exact) mass is 356 g/mol. The Balaban J connectivity index is 2.98. The first kappa shape index (κ1) is 20.1. The van der Waals surface area contributed by atoms with Gasteiger partial charge < -0.3 is 10.5 Å².